The van der Waals surface area contributed by atoms with Gasteiger partial charge in [0, 0.05) is 6.54 Å². The molecule has 2 fully saturated rings. The van der Waals surface area contributed by atoms with Gasteiger partial charge in [0.25, 0.3) is 12.3 Å². The summed E-state index contributed by atoms with van der Waals surface area (Å²) in [5.74, 6) is -0.376. The van der Waals surface area contributed by atoms with Gasteiger partial charge in [0.15, 0.2) is 5.88 Å². The number of hydrogen-bond acceptors (Lipinski definition) is 5. The Morgan fingerprint density at radius 3 is 2.86 bits per heavy atom. The smallest absolute Gasteiger partial charge is 0.282 e. The molecule has 1 spiro atoms. The van der Waals surface area contributed by atoms with Crippen molar-refractivity contribution in [1.29, 1.82) is 0 Å². The number of aliphatic hydroxyl groups excluding tert-OH is 1. The number of alkyl halides is 1. The van der Waals surface area contributed by atoms with E-state index in [2.05, 4.69) is 11.9 Å². The van der Waals surface area contributed by atoms with E-state index in [0.29, 0.717) is 18.8 Å². The largest absolute Gasteiger partial charge is 0.474 e. The quantitative estimate of drug-likeness (QED) is 0.744. The van der Waals surface area contributed by atoms with Crippen molar-refractivity contribution in [2.24, 2.45) is 0 Å². The van der Waals surface area contributed by atoms with Crippen LogP contribution in [0.3, 0.4) is 0 Å². The monoisotopic (exact) mass is 302 g/mol. The van der Waals surface area contributed by atoms with Crippen molar-refractivity contribution in [2.45, 2.75) is 50.7 Å². The Balaban J connectivity index is 2.14. The maximum Gasteiger partial charge on any atom is 0.282 e. The highest BCUT2D eigenvalue weighted by atomic mass is 19.1. The Labute approximate surface area is 123 Å². The van der Waals surface area contributed by atoms with Crippen LogP contribution in [0, 0.1) is 0 Å². The van der Waals surface area contributed by atoms with Crippen LogP contribution >= 0.6 is 0 Å². The van der Waals surface area contributed by atoms with Crippen LogP contribution in [-0.4, -0.2) is 59.2 Å². The van der Waals surface area contributed by atoms with Crippen molar-refractivity contribution in [2.75, 3.05) is 19.8 Å². The van der Waals surface area contributed by atoms with E-state index in [-0.39, 0.29) is 13.2 Å². The molecule has 3 unspecified atom stereocenters. The molecule has 0 aromatic heterocycles. The van der Waals surface area contributed by atoms with E-state index in [4.69, 9.17) is 9.47 Å². The standard InChI is InChI=1S/C14H23FN2O4/c1-9(21-13(2,3)4)17-6-5-14(10(17)7-18)8-20-11(15)12(19)16-14/h10-11,18H,1,5-8H2,2-4H3,(H,16,19). The first-order valence-electron chi connectivity index (χ1n) is 7.02. The molecule has 7 heteroatoms. The van der Waals surface area contributed by atoms with Gasteiger partial charge in [-0.3, -0.25) is 4.79 Å². The lowest BCUT2D eigenvalue weighted by Crippen LogP contribution is -2.65. The molecule has 2 rings (SSSR count). The van der Waals surface area contributed by atoms with Crippen LogP contribution in [0.4, 0.5) is 4.39 Å². The molecule has 2 aliphatic heterocycles. The van der Waals surface area contributed by atoms with Gasteiger partial charge in [0.2, 0.25) is 0 Å². The molecule has 2 N–H and O–H groups in total. The molecule has 0 saturated carbocycles. The first-order chi connectivity index (χ1) is 9.68. The van der Waals surface area contributed by atoms with Gasteiger partial charge in [-0.25, -0.2) is 4.39 Å². The maximum atomic E-state index is 13.2. The molecule has 120 valence electrons. The van der Waals surface area contributed by atoms with Gasteiger partial charge < -0.3 is 24.8 Å². The molecule has 0 radical (unpaired) electrons. The normalized spacial score (nSPS) is 33.2. The molecule has 2 heterocycles. The maximum absolute atomic E-state index is 13.2. The van der Waals surface area contributed by atoms with Crippen LogP contribution in [-0.2, 0) is 14.3 Å². The molecule has 3 atom stereocenters. The number of likely N-dealkylation sites (tertiary alicyclic amines) is 1. The van der Waals surface area contributed by atoms with Crippen LogP contribution in [0.5, 0.6) is 0 Å². The second kappa shape index (κ2) is 5.46. The predicted molar refractivity (Wildman–Crippen MR) is 73.9 cm³/mol. The van der Waals surface area contributed by atoms with E-state index < -0.39 is 29.4 Å². The summed E-state index contributed by atoms with van der Waals surface area (Å²) >= 11 is 0. The van der Waals surface area contributed by atoms with Crippen LogP contribution in [0.25, 0.3) is 0 Å². The fourth-order valence-corrected chi connectivity index (χ4v) is 2.87. The van der Waals surface area contributed by atoms with Gasteiger partial charge in [-0.1, -0.05) is 0 Å². The third-order valence-corrected chi connectivity index (χ3v) is 3.80. The average Bonchev–Trinajstić information content (AvgIpc) is 2.71. The number of nitrogens with one attached hydrogen (secondary N) is 1. The second-order valence-electron chi connectivity index (χ2n) is 6.52. The van der Waals surface area contributed by atoms with Crippen molar-refractivity contribution < 1.29 is 23.8 Å². The number of aliphatic hydroxyl groups is 1. The summed E-state index contributed by atoms with van der Waals surface area (Å²) < 4.78 is 23.8. The van der Waals surface area contributed by atoms with E-state index in [9.17, 15) is 14.3 Å². The van der Waals surface area contributed by atoms with Gasteiger partial charge in [-0.2, -0.15) is 0 Å². The van der Waals surface area contributed by atoms with Crippen LogP contribution in [0.15, 0.2) is 12.5 Å². The highest BCUT2D eigenvalue weighted by Crippen LogP contribution is 2.35. The summed E-state index contributed by atoms with van der Waals surface area (Å²) in [7, 11) is 0. The Morgan fingerprint density at radius 2 is 2.33 bits per heavy atom. The predicted octanol–water partition coefficient (Wildman–Crippen LogP) is 0.520. The molecule has 6 nitrogen and oxygen atoms in total. The molecule has 0 bridgehead atoms. The molecular formula is C14H23FN2O4. The van der Waals surface area contributed by atoms with Gasteiger partial charge in [0.1, 0.15) is 5.60 Å². The van der Waals surface area contributed by atoms with Crippen LogP contribution in [0.2, 0.25) is 0 Å². The fourth-order valence-electron chi connectivity index (χ4n) is 2.87. The number of carbonyl (C=O) groups excluding carboxylic acids is 1. The van der Waals surface area contributed by atoms with Crippen molar-refractivity contribution in [3.63, 3.8) is 0 Å². The summed E-state index contributed by atoms with van der Waals surface area (Å²) in [4.78, 5) is 13.4. The van der Waals surface area contributed by atoms with E-state index in [1.165, 1.54) is 0 Å². The summed E-state index contributed by atoms with van der Waals surface area (Å²) in [5, 5.41) is 12.4. The van der Waals surface area contributed by atoms with Gasteiger partial charge >= 0.3 is 0 Å². The number of carbonyl (C=O) groups is 1. The molecule has 0 aromatic carbocycles. The number of ether oxygens (including phenoxy) is 2. The fraction of sp³-hybridized carbons (Fsp3) is 0.786. The van der Waals surface area contributed by atoms with Crippen molar-refractivity contribution in [1.82, 2.24) is 10.2 Å². The Kier molecular flexibility index (Phi) is 4.17. The lowest BCUT2D eigenvalue weighted by molar-refractivity contribution is -0.165. The summed E-state index contributed by atoms with van der Waals surface area (Å²) in [6.45, 7) is 9.94. The van der Waals surface area contributed by atoms with E-state index in [1.54, 1.807) is 4.90 Å². The zero-order valence-corrected chi connectivity index (χ0v) is 12.7. The van der Waals surface area contributed by atoms with Crippen LogP contribution < -0.4 is 5.32 Å². The molecule has 0 aromatic rings. The van der Waals surface area contributed by atoms with E-state index in [1.807, 2.05) is 20.8 Å². The highest BCUT2D eigenvalue weighted by molar-refractivity contribution is 5.81. The molecule has 2 saturated heterocycles. The Bertz CT molecular complexity index is 437. The Morgan fingerprint density at radius 1 is 1.67 bits per heavy atom. The molecule has 2 aliphatic rings. The zero-order valence-electron chi connectivity index (χ0n) is 12.7. The zero-order chi connectivity index (χ0) is 15.8. The molecule has 1 amide bonds. The summed E-state index contributed by atoms with van der Waals surface area (Å²) in [5.41, 5.74) is -1.22. The summed E-state index contributed by atoms with van der Waals surface area (Å²) in [6, 6.07) is -0.455. The minimum absolute atomic E-state index is 0.0183. The lowest BCUT2D eigenvalue weighted by Gasteiger charge is -2.42. The van der Waals surface area contributed by atoms with Gasteiger partial charge in [0.05, 0.1) is 24.8 Å². The third kappa shape index (κ3) is 3.13. The van der Waals surface area contributed by atoms with Crippen molar-refractivity contribution >= 4 is 5.91 Å². The van der Waals surface area contributed by atoms with E-state index >= 15 is 0 Å². The average molecular weight is 302 g/mol. The van der Waals surface area contributed by atoms with Gasteiger partial charge in [-0.15, -0.1) is 0 Å². The van der Waals surface area contributed by atoms with E-state index in [0.717, 1.165) is 0 Å². The number of nitrogens with zero attached hydrogens (tertiary/aromatic N) is 1. The first-order valence-corrected chi connectivity index (χ1v) is 7.02. The molecule has 0 aliphatic carbocycles. The number of rotatable bonds is 3. The van der Waals surface area contributed by atoms with Crippen molar-refractivity contribution in [3.8, 4) is 0 Å². The topological polar surface area (TPSA) is 71.0 Å². The number of morpholine rings is 1. The van der Waals surface area contributed by atoms with Gasteiger partial charge in [-0.05, 0) is 33.8 Å². The SMILES string of the molecule is C=C(OC(C)(C)C)N1CCC2(COC(F)C(=O)N2)C1CO. The third-order valence-electron chi connectivity index (χ3n) is 3.80. The number of hydrogen-bond donors (Lipinski definition) is 2. The first kappa shape index (κ1) is 16.0. The highest BCUT2D eigenvalue weighted by Gasteiger charge is 2.53. The lowest BCUT2D eigenvalue weighted by atomic mass is 9.90. The number of halogens is 1. The second-order valence-corrected chi connectivity index (χ2v) is 6.52. The van der Waals surface area contributed by atoms with Crippen molar-refractivity contribution in [3.05, 3.63) is 12.5 Å². The summed E-state index contributed by atoms with van der Waals surface area (Å²) in [6.07, 6.45) is -1.42. The van der Waals surface area contributed by atoms with Crippen LogP contribution in [0.1, 0.15) is 27.2 Å². The minimum Gasteiger partial charge on any atom is -0.474 e. The minimum atomic E-state index is -1.95. The molecular weight excluding hydrogens is 279 g/mol. The number of amides is 1. The molecule has 21 heavy (non-hydrogen) atoms. The Hall–Kier alpha value is -1.34.